The molecular weight excluding hydrogens is 219 g/mol. The van der Waals surface area contributed by atoms with Gasteiger partial charge >= 0.3 is 0 Å². The number of rotatable bonds is 2. The Hall–Kier alpha value is -2.23. The van der Waals surface area contributed by atoms with E-state index in [-0.39, 0.29) is 11.7 Å². The summed E-state index contributed by atoms with van der Waals surface area (Å²) in [6.07, 6.45) is 1.62. The Bertz CT molecular complexity index is 537. The molecule has 4 heteroatoms. The quantitative estimate of drug-likeness (QED) is 0.861. The van der Waals surface area contributed by atoms with Gasteiger partial charge in [0.05, 0.1) is 0 Å². The largest absolute Gasteiger partial charge is 0.322 e. The van der Waals surface area contributed by atoms with E-state index in [4.69, 9.17) is 0 Å². The van der Waals surface area contributed by atoms with Crippen molar-refractivity contribution in [2.75, 3.05) is 5.32 Å². The molecular formula is C13H11FN2O. The molecule has 0 fully saturated rings. The Morgan fingerprint density at radius 3 is 2.59 bits per heavy atom. The lowest BCUT2D eigenvalue weighted by Crippen LogP contribution is -2.11. The van der Waals surface area contributed by atoms with Crippen molar-refractivity contribution < 1.29 is 9.18 Å². The molecule has 86 valence electrons. The molecule has 1 aromatic carbocycles. The first-order chi connectivity index (χ1) is 8.15. The number of anilines is 1. The predicted octanol–water partition coefficient (Wildman–Crippen LogP) is 2.78. The third-order valence-corrected chi connectivity index (χ3v) is 2.26. The number of carbonyl (C=O) groups excluding carboxylic acids is 1. The minimum atomic E-state index is -0.360. The molecule has 1 aromatic heterocycles. The van der Waals surface area contributed by atoms with Crippen molar-refractivity contribution in [2.45, 2.75) is 6.92 Å². The number of aromatic nitrogens is 1. The van der Waals surface area contributed by atoms with Crippen LogP contribution in [0.2, 0.25) is 0 Å². The van der Waals surface area contributed by atoms with Gasteiger partial charge in [0.2, 0.25) is 0 Å². The highest BCUT2D eigenvalue weighted by Crippen LogP contribution is 2.10. The number of benzene rings is 1. The maximum atomic E-state index is 12.7. The van der Waals surface area contributed by atoms with Crippen LogP contribution in [0.1, 0.15) is 16.1 Å². The van der Waals surface area contributed by atoms with Crippen molar-refractivity contribution in [3.05, 3.63) is 59.7 Å². The Morgan fingerprint density at radius 2 is 1.94 bits per heavy atom. The SMILES string of the molecule is Cc1cc(NC(=O)c2ccc(F)cc2)ccn1. The van der Waals surface area contributed by atoms with Crippen molar-refractivity contribution in [3.63, 3.8) is 0 Å². The second kappa shape index (κ2) is 4.74. The third kappa shape index (κ3) is 2.87. The number of hydrogen-bond donors (Lipinski definition) is 1. The number of aryl methyl sites for hydroxylation is 1. The smallest absolute Gasteiger partial charge is 0.255 e. The Kier molecular flexibility index (Phi) is 3.14. The maximum absolute atomic E-state index is 12.7. The van der Waals surface area contributed by atoms with Gasteiger partial charge in [-0.1, -0.05) is 0 Å². The van der Waals surface area contributed by atoms with E-state index in [1.54, 1.807) is 18.3 Å². The third-order valence-electron chi connectivity index (χ3n) is 2.26. The summed E-state index contributed by atoms with van der Waals surface area (Å²) in [5, 5.41) is 2.72. The number of hydrogen-bond acceptors (Lipinski definition) is 2. The Balaban J connectivity index is 2.14. The summed E-state index contributed by atoms with van der Waals surface area (Å²) in [4.78, 5) is 15.8. The predicted molar refractivity (Wildman–Crippen MR) is 63.3 cm³/mol. The van der Waals surface area contributed by atoms with Gasteiger partial charge in [0.1, 0.15) is 5.82 Å². The molecule has 0 aliphatic rings. The van der Waals surface area contributed by atoms with E-state index in [0.29, 0.717) is 11.3 Å². The summed E-state index contributed by atoms with van der Waals surface area (Å²) in [6, 6.07) is 8.87. The van der Waals surface area contributed by atoms with Crippen LogP contribution in [0.4, 0.5) is 10.1 Å². The fourth-order valence-corrected chi connectivity index (χ4v) is 1.43. The average Bonchev–Trinajstić information content (AvgIpc) is 2.29. The second-order valence-electron chi connectivity index (χ2n) is 3.65. The van der Waals surface area contributed by atoms with Gasteiger partial charge in [-0.15, -0.1) is 0 Å². The molecule has 0 bridgehead atoms. The van der Waals surface area contributed by atoms with Crippen LogP contribution in [0.25, 0.3) is 0 Å². The number of carbonyl (C=O) groups is 1. The summed E-state index contributed by atoms with van der Waals surface area (Å²) in [5.74, 6) is -0.628. The van der Waals surface area contributed by atoms with Crippen LogP contribution in [0.5, 0.6) is 0 Å². The molecule has 0 radical (unpaired) electrons. The minimum absolute atomic E-state index is 0.268. The second-order valence-corrected chi connectivity index (χ2v) is 3.65. The number of nitrogens with one attached hydrogen (secondary N) is 1. The van der Waals surface area contributed by atoms with Crippen molar-refractivity contribution in [1.29, 1.82) is 0 Å². The fourth-order valence-electron chi connectivity index (χ4n) is 1.43. The summed E-state index contributed by atoms with van der Waals surface area (Å²) >= 11 is 0. The lowest BCUT2D eigenvalue weighted by atomic mass is 10.2. The molecule has 1 amide bonds. The van der Waals surface area contributed by atoms with Crippen LogP contribution in [0, 0.1) is 12.7 Å². The molecule has 0 aliphatic heterocycles. The number of pyridine rings is 1. The van der Waals surface area contributed by atoms with Crippen LogP contribution < -0.4 is 5.32 Å². The molecule has 3 nitrogen and oxygen atoms in total. The molecule has 1 heterocycles. The maximum Gasteiger partial charge on any atom is 0.255 e. The van der Waals surface area contributed by atoms with Gasteiger partial charge in [0.25, 0.3) is 5.91 Å². The normalized spacial score (nSPS) is 10.0. The van der Waals surface area contributed by atoms with Gasteiger partial charge in [-0.25, -0.2) is 4.39 Å². The summed E-state index contributed by atoms with van der Waals surface area (Å²) in [6.45, 7) is 1.84. The lowest BCUT2D eigenvalue weighted by molar-refractivity contribution is 0.102. The fraction of sp³-hybridized carbons (Fsp3) is 0.0769. The summed E-state index contributed by atoms with van der Waals surface area (Å²) < 4.78 is 12.7. The number of nitrogens with zero attached hydrogens (tertiary/aromatic N) is 1. The molecule has 2 rings (SSSR count). The highest BCUT2D eigenvalue weighted by atomic mass is 19.1. The van der Waals surface area contributed by atoms with E-state index >= 15 is 0 Å². The van der Waals surface area contributed by atoms with Gasteiger partial charge < -0.3 is 5.32 Å². The zero-order valence-corrected chi connectivity index (χ0v) is 9.27. The number of halogens is 1. The molecule has 0 saturated heterocycles. The van der Waals surface area contributed by atoms with Crippen molar-refractivity contribution >= 4 is 11.6 Å². The van der Waals surface area contributed by atoms with E-state index in [1.165, 1.54) is 24.3 Å². The standard InChI is InChI=1S/C13H11FN2O/c1-9-8-12(6-7-15-9)16-13(17)10-2-4-11(14)5-3-10/h2-8H,1H3,(H,15,16,17). The molecule has 0 saturated carbocycles. The Labute approximate surface area is 98.3 Å². The minimum Gasteiger partial charge on any atom is -0.322 e. The van der Waals surface area contributed by atoms with Crippen molar-refractivity contribution in [3.8, 4) is 0 Å². The first-order valence-corrected chi connectivity index (χ1v) is 5.15. The zero-order valence-electron chi connectivity index (χ0n) is 9.27. The van der Waals surface area contributed by atoms with E-state index in [1.807, 2.05) is 6.92 Å². The molecule has 0 aliphatic carbocycles. The van der Waals surface area contributed by atoms with E-state index < -0.39 is 0 Å². The molecule has 17 heavy (non-hydrogen) atoms. The highest BCUT2D eigenvalue weighted by molar-refractivity contribution is 6.04. The van der Waals surface area contributed by atoms with E-state index in [2.05, 4.69) is 10.3 Å². The molecule has 0 unspecified atom stereocenters. The van der Waals surface area contributed by atoms with Crippen molar-refractivity contribution in [1.82, 2.24) is 4.98 Å². The summed E-state index contributed by atoms with van der Waals surface area (Å²) in [7, 11) is 0. The van der Waals surface area contributed by atoms with Crippen LogP contribution in [0.3, 0.4) is 0 Å². The average molecular weight is 230 g/mol. The van der Waals surface area contributed by atoms with Crippen LogP contribution in [-0.4, -0.2) is 10.9 Å². The molecule has 2 aromatic rings. The van der Waals surface area contributed by atoms with Gasteiger partial charge in [0.15, 0.2) is 0 Å². The molecule has 1 N–H and O–H groups in total. The molecule has 0 spiro atoms. The lowest BCUT2D eigenvalue weighted by Gasteiger charge is -2.05. The van der Waals surface area contributed by atoms with Crippen LogP contribution in [-0.2, 0) is 0 Å². The van der Waals surface area contributed by atoms with E-state index in [9.17, 15) is 9.18 Å². The molecule has 0 atom stereocenters. The van der Waals surface area contributed by atoms with Crippen molar-refractivity contribution in [2.24, 2.45) is 0 Å². The monoisotopic (exact) mass is 230 g/mol. The van der Waals surface area contributed by atoms with Gasteiger partial charge in [-0.3, -0.25) is 9.78 Å². The first-order valence-electron chi connectivity index (χ1n) is 5.15. The topological polar surface area (TPSA) is 42.0 Å². The van der Waals surface area contributed by atoms with Crippen LogP contribution >= 0.6 is 0 Å². The van der Waals surface area contributed by atoms with Gasteiger partial charge in [0, 0.05) is 23.1 Å². The number of amides is 1. The van der Waals surface area contributed by atoms with E-state index in [0.717, 1.165) is 5.69 Å². The van der Waals surface area contributed by atoms with Gasteiger partial charge in [-0.2, -0.15) is 0 Å². The van der Waals surface area contributed by atoms with Gasteiger partial charge in [-0.05, 0) is 43.3 Å². The zero-order chi connectivity index (χ0) is 12.3. The van der Waals surface area contributed by atoms with Crippen LogP contribution in [0.15, 0.2) is 42.6 Å². The summed E-state index contributed by atoms with van der Waals surface area (Å²) in [5.41, 5.74) is 1.91. The Morgan fingerprint density at radius 1 is 1.24 bits per heavy atom. The first kappa shape index (κ1) is 11.3. The highest BCUT2D eigenvalue weighted by Gasteiger charge is 2.05.